The van der Waals surface area contributed by atoms with Crippen LogP contribution in [0.2, 0.25) is 0 Å². The highest BCUT2D eigenvalue weighted by Gasteiger charge is 2.52. The Morgan fingerprint density at radius 1 is 1.40 bits per heavy atom. The summed E-state index contributed by atoms with van der Waals surface area (Å²) in [5, 5.41) is 0. The van der Waals surface area contributed by atoms with Crippen LogP contribution in [0.5, 0.6) is 0 Å². The molecular formula is C9H15I. The molecule has 0 radical (unpaired) electrons. The SMILES string of the molecule is CC(I)C1CC2CC(C)C21. The van der Waals surface area contributed by atoms with Crippen molar-refractivity contribution < 1.29 is 0 Å². The minimum atomic E-state index is 0.918. The van der Waals surface area contributed by atoms with Gasteiger partial charge in [0.05, 0.1) is 0 Å². The van der Waals surface area contributed by atoms with E-state index in [1.165, 1.54) is 6.42 Å². The lowest BCUT2D eigenvalue weighted by atomic mass is 9.48. The molecule has 2 rings (SSSR count). The molecule has 5 unspecified atom stereocenters. The van der Waals surface area contributed by atoms with Crippen molar-refractivity contribution in [3.8, 4) is 0 Å². The molecule has 0 aromatic rings. The van der Waals surface area contributed by atoms with Gasteiger partial charge in [-0.05, 0) is 36.5 Å². The van der Waals surface area contributed by atoms with Gasteiger partial charge in [-0.1, -0.05) is 36.4 Å². The minimum absolute atomic E-state index is 0.918. The summed E-state index contributed by atoms with van der Waals surface area (Å²) in [5.74, 6) is 4.42. The van der Waals surface area contributed by atoms with Crippen LogP contribution in [0.1, 0.15) is 26.7 Å². The number of fused-ring (bicyclic) bond motifs is 1. The first-order valence-corrected chi connectivity index (χ1v) is 5.58. The van der Waals surface area contributed by atoms with Crippen LogP contribution in [0.3, 0.4) is 0 Å². The monoisotopic (exact) mass is 250 g/mol. The lowest BCUT2D eigenvalue weighted by Crippen LogP contribution is -2.52. The molecule has 2 aliphatic carbocycles. The van der Waals surface area contributed by atoms with Gasteiger partial charge in [0.2, 0.25) is 0 Å². The Morgan fingerprint density at radius 2 is 2.10 bits per heavy atom. The molecule has 0 heterocycles. The van der Waals surface area contributed by atoms with E-state index in [2.05, 4.69) is 36.4 Å². The molecule has 2 fully saturated rings. The van der Waals surface area contributed by atoms with E-state index in [0.717, 1.165) is 27.6 Å². The van der Waals surface area contributed by atoms with Crippen LogP contribution in [0.15, 0.2) is 0 Å². The van der Waals surface area contributed by atoms with Crippen molar-refractivity contribution >= 4 is 22.6 Å². The zero-order valence-corrected chi connectivity index (χ0v) is 8.84. The topological polar surface area (TPSA) is 0 Å². The number of halogens is 1. The van der Waals surface area contributed by atoms with Gasteiger partial charge in [-0.25, -0.2) is 0 Å². The third kappa shape index (κ3) is 0.853. The molecule has 0 aromatic carbocycles. The van der Waals surface area contributed by atoms with Crippen LogP contribution in [0.25, 0.3) is 0 Å². The number of hydrogen-bond donors (Lipinski definition) is 0. The van der Waals surface area contributed by atoms with Gasteiger partial charge in [-0.2, -0.15) is 0 Å². The summed E-state index contributed by atoms with van der Waals surface area (Å²) in [7, 11) is 0. The molecule has 0 saturated heterocycles. The Labute approximate surface area is 76.9 Å². The average molecular weight is 250 g/mol. The second kappa shape index (κ2) is 2.36. The maximum absolute atomic E-state index is 2.59. The molecule has 0 spiro atoms. The fourth-order valence-electron chi connectivity index (χ4n) is 2.89. The highest BCUT2D eigenvalue weighted by Crippen LogP contribution is 2.59. The standard InChI is InChI=1S/C9H15I/c1-5-3-7-4-8(6(2)10)9(5)7/h5-9H,3-4H2,1-2H3. The molecule has 0 bridgehead atoms. The van der Waals surface area contributed by atoms with Crippen molar-refractivity contribution in [1.82, 2.24) is 0 Å². The Hall–Kier alpha value is 0.730. The Balaban J connectivity index is 1.93. The second-order valence-corrected chi connectivity index (χ2v) is 6.09. The zero-order chi connectivity index (χ0) is 7.30. The number of alkyl halides is 1. The van der Waals surface area contributed by atoms with Crippen molar-refractivity contribution in [2.75, 3.05) is 0 Å². The van der Waals surface area contributed by atoms with E-state index in [1.807, 2.05) is 0 Å². The number of hydrogen-bond acceptors (Lipinski definition) is 0. The van der Waals surface area contributed by atoms with Crippen molar-refractivity contribution in [2.45, 2.75) is 30.6 Å². The maximum atomic E-state index is 2.59. The van der Waals surface area contributed by atoms with E-state index in [9.17, 15) is 0 Å². The van der Waals surface area contributed by atoms with Crippen LogP contribution in [-0.4, -0.2) is 3.92 Å². The molecule has 0 amide bonds. The molecule has 58 valence electrons. The smallest absolute Gasteiger partial charge is 0.0112 e. The molecule has 5 atom stereocenters. The van der Waals surface area contributed by atoms with Gasteiger partial charge in [-0.3, -0.25) is 0 Å². The van der Waals surface area contributed by atoms with E-state index in [-0.39, 0.29) is 0 Å². The van der Waals surface area contributed by atoms with E-state index in [1.54, 1.807) is 6.42 Å². The minimum Gasteiger partial charge on any atom is -0.0826 e. The van der Waals surface area contributed by atoms with Crippen molar-refractivity contribution in [1.29, 1.82) is 0 Å². The summed E-state index contributed by atoms with van der Waals surface area (Å²) in [6.07, 6.45) is 3.07. The van der Waals surface area contributed by atoms with E-state index in [0.29, 0.717) is 0 Å². The summed E-state index contributed by atoms with van der Waals surface area (Å²) in [6, 6.07) is 0. The van der Waals surface area contributed by atoms with Crippen LogP contribution in [0.4, 0.5) is 0 Å². The van der Waals surface area contributed by atoms with Crippen molar-refractivity contribution in [3.63, 3.8) is 0 Å². The van der Waals surface area contributed by atoms with Crippen LogP contribution in [0, 0.1) is 23.7 Å². The van der Waals surface area contributed by atoms with Gasteiger partial charge >= 0.3 is 0 Å². The summed E-state index contributed by atoms with van der Waals surface area (Å²) in [4.78, 5) is 0. The highest BCUT2D eigenvalue weighted by molar-refractivity contribution is 14.1. The van der Waals surface area contributed by atoms with Gasteiger partial charge < -0.3 is 0 Å². The molecule has 2 saturated carbocycles. The molecular weight excluding hydrogens is 235 g/mol. The largest absolute Gasteiger partial charge is 0.0826 e. The fraction of sp³-hybridized carbons (Fsp3) is 1.00. The third-order valence-corrected chi connectivity index (χ3v) is 4.46. The van der Waals surface area contributed by atoms with Gasteiger partial charge in [0.25, 0.3) is 0 Å². The van der Waals surface area contributed by atoms with Gasteiger partial charge in [0.1, 0.15) is 0 Å². The second-order valence-electron chi connectivity index (χ2n) is 4.13. The third-order valence-electron chi connectivity index (χ3n) is 3.54. The average Bonchev–Trinajstić information content (AvgIpc) is 1.79. The zero-order valence-electron chi connectivity index (χ0n) is 6.68. The van der Waals surface area contributed by atoms with Crippen LogP contribution < -0.4 is 0 Å². The summed E-state index contributed by atoms with van der Waals surface area (Å²) in [6.45, 7) is 4.79. The highest BCUT2D eigenvalue weighted by atomic mass is 127. The maximum Gasteiger partial charge on any atom is 0.0112 e. The molecule has 0 nitrogen and oxygen atoms in total. The Morgan fingerprint density at radius 3 is 2.40 bits per heavy atom. The first-order valence-electron chi connectivity index (χ1n) is 4.34. The molecule has 0 aromatic heterocycles. The summed E-state index contributed by atoms with van der Waals surface area (Å²) < 4.78 is 0.918. The van der Waals surface area contributed by atoms with Crippen molar-refractivity contribution in [2.24, 2.45) is 23.7 Å². The first kappa shape index (κ1) is 7.38. The lowest BCUT2D eigenvalue weighted by Gasteiger charge is -2.59. The van der Waals surface area contributed by atoms with Crippen molar-refractivity contribution in [3.05, 3.63) is 0 Å². The summed E-state index contributed by atoms with van der Waals surface area (Å²) >= 11 is 2.59. The van der Waals surface area contributed by atoms with Gasteiger partial charge in [0, 0.05) is 3.92 Å². The number of rotatable bonds is 1. The van der Waals surface area contributed by atoms with Crippen LogP contribution in [-0.2, 0) is 0 Å². The normalized spacial score (nSPS) is 54.3. The van der Waals surface area contributed by atoms with Gasteiger partial charge in [-0.15, -0.1) is 0 Å². The molecule has 10 heavy (non-hydrogen) atoms. The lowest BCUT2D eigenvalue weighted by molar-refractivity contribution is -0.0772. The Bertz CT molecular complexity index is 132. The molecule has 1 heteroatoms. The Kier molecular flexibility index (Phi) is 1.74. The first-order chi connectivity index (χ1) is 4.70. The predicted molar refractivity (Wildman–Crippen MR) is 52.4 cm³/mol. The van der Waals surface area contributed by atoms with E-state index < -0.39 is 0 Å². The summed E-state index contributed by atoms with van der Waals surface area (Å²) in [5.41, 5.74) is 0. The van der Waals surface area contributed by atoms with Gasteiger partial charge in [0.15, 0.2) is 0 Å². The molecule has 0 aliphatic heterocycles. The predicted octanol–water partition coefficient (Wildman–Crippen LogP) is 3.10. The quantitative estimate of drug-likeness (QED) is 0.495. The van der Waals surface area contributed by atoms with Crippen LogP contribution >= 0.6 is 22.6 Å². The van der Waals surface area contributed by atoms with E-state index in [4.69, 9.17) is 0 Å². The van der Waals surface area contributed by atoms with E-state index >= 15 is 0 Å². The molecule has 0 N–H and O–H groups in total. The fourth-order valence-corrected chi connectivity index (χ4v) is 3.66. The molecule has 2 aliphatic rings.